The molecule has 2 N–H and O–H groups in total. The number of anilines is 1. The third-order valence-corrected chi connectivity index (χ3v) is 4.05. The quantitative estimate of drug-likeness (QED) is 0.869. The van der Waals surface area contributed by atoms with Gasteiger partial charge >= 0.3 is 12.0 Å². The van der Waals surface area contributed by atoms with Crippen LogP contribution in [0.3, 0.4) is 0 Å². The van der Waals surface area contributed by atoms with Gasteiger partial charge in [-0.05, 0) is 12.8 Å². The second-order valence-corrected chi connectivity index (χ2v) is 5.84. The van der Waals surface area contributed by atoms with Gasteiger partial charge < -0.3 is 14.5 Å². The largest absolute Gasteiger partial charge is 0.481 e. The first-order valence-corrected chi connectivity index (χ1v) is 7.12. The Balaban J connectivity index is 1.93. The van der Waals surface area contributed by atoms with Crippen LogP contribution in [0.15, 0.2) is 10.6 Å². The van der Waals surface area contributed by atoms with Crippen molar-refractivity contribution in [2.45, 2.75) is 44.4 Å². The molecule has 1 fully saturated rings. The summed E-state index contributed by atoms with van der Waals surface area (Å²) in [7, 11) is 1.54. The first-order chi connectivity index (χ1) is 9.90. The van der Waals surface area contributed by atoms with Crippen molar-refractivity contribution in [1.29, 1.82) is 0 Å². The molecule has 116 valence electrons. The summed E-state index contributed by atoms with van der Waals surface area (Å²) in [5, 5.41) is 15.1. The molecule has 0 unspecified atom stereocenters. The minimum absolute atomic E-state index is 0.00515. The number of carbonyl (C=O) groups excluding carboxylic acids is 1. The van der Waals surface area contributed by atoms with E-state index in [1.54, 1.807) is 6.07 Å². The van der Waals surface area contributed by atoms with Crippen molar-refractivity contribution in [3.05, 3.63) is 11.8 Å². The van der Waals surface area contributed by atoms with Crippen LogP contribution in [0.25, 0.3) is 0 Å². The first-order valence-electron chi connectivity index (χ1n) is 7.12. The molecule has 0 aromatic carbocycles. The second kappa shape index (κ2) is 6.15. The fourth-order valence-electron chi connectivity index (χ4n) is 2.59. The summed E-state index contributed by atoms with van der Waals surface area (Å²) in [4.78, 5) is 23.7. The first kappa shape index (κ1) is 15.3. The summed E-state index contributed by atoms with van der Waals surface area (Å²) in [6, 6.07) is 1.36. The highest BCUT2D eigenvalue weighted by Gasteiger charge is 2.34. The van der Waals surface area contributed by atoms with Gasteiger partial charge in [0.05, 0.1) is 6.42 Å². The minimum atomic E-state index is -0.937. The molecule has 0 saturated heterocycles. The number of hydrogen-bond donors (Lipinski definition) is 2. The van der Waals surface area contributed by atoms with Crippen LogP contribution < -0.4 is 5.32 Å². The summed E-state index contributed by atoms with van der Waals surface area (Å²) in [5.74, 6) is 0.223. The lowest BCUT2D eigenvalue weighted by Crippen LogP contribution is -2.33. The fourth-order valence-corrected chi connectivity index (χ4v) is 2.59. The molecule has 7 nitrogen and oxygen atoms in total. The van der Waals surface area contributed by atoms with Crippen molar-refractivity contribution in [3.63, 3.8) is 0 Å². The predicted molar refractivity (Wildman–Crippen MR) is 76.2 cm³/mol. The Bertz CT molecular complexity index is 520. The number of urea groups is 1. The van der Waals surface area contributed by atoms with Gasteiger partial charge in [0.2, 0.25) is 0 Å². The zero-order chi connectivity index (χ0) is 15.5. The lowest BCUT2D eigenvalue weighted by molar-refractivity contribution is -0.137. The molecular formula is C14H21N3O4. The molecule has 1 saturated carbocycles. The van der Waals surface area contributed by atoms with Gasteiger partial charge in [0.15, 0.2) is 5.82 Å². The van der Waals surface area contributed by atoms with E-state index in [0.717, 1.165) is 18.6 Å². The summed E-state index contributed by atoms with van der Waals surface area (Å²) < 4.78 is 5.35. The summed E-state index contributed by atoms with van der Waals surface area (Å²) in [6.07, 6.45) is 4.39. The van der Waals surface area contributed by atoms with E-state index >= 15 is 0 Å². The van der Waals surface area contributed by atoms with E-state index < -0.39 is 12.0 Å². The van der Waals surface area contributed by atoms with Crippen molar-refractivity contribution in [2.24, 2.45) is 0 Å². The highest BCUT2D eigenvalue weighted by atomic mass is 16.5. The number of nitrogens with zero attached hydrogens (tertiary/aromatic N) is 2. The molecule has 0 atom stereocenters. The molecule has 0 spiro atoms. The van der Waals surface area contributed by atoms with E-state index in [9.17, 15) is 9.59 Å². The van der Waals surface area contributed by atoms with Gasteiger partial charge in [-0.15, -0.1) is 0 Å². The van der Waals surface area contributed by atoms with Gasteiger partial charge in [0.1, 0.15) is 5.76 Å². The Kier molecular flexibility index (Phi) is 4.50. The van der Waals surface area contributed by atoms with E-state index in [1.165, 1.54) is 24.8 Å². The number of carboxylic acids is 1. The molecule has 1 aliphatic carbocycles. The molecular weight excluding hydrogens is 274 g/mol. The van der Waals surface area contributed by atoms with Crippen LogP contribution in [0.2, 0.25) is 0 Å². The third kappa shape index (κ3) is 3.74. The van der Waals surface area contributed by atoms with Crippen LogP contribution in [0, 0.1) is 0 Å². The Morgan fingerprint density at radius 2 is 2.14 bits per heavy atom. The van der Waals surface area contributed by atoms with Crippen molar-refractivity contribution in [3.8, 4) is 0 Å². The van der Waals surface area contributed by atoms with Crippen molar-refractivity contribution >= 4 is 17.8 Å². The minimum Gasteiger partial charge on any atom is -0.481 e. The van der Waals surface area contributed by atoms with Gasteiger partial charge in [0.25, 0.3) is 0 Å². The van der Waals surface area contributed by atoms with E-state index in [4.69, 9.17) is 9.63 Å². The average Bonchev–Trinajstić information content (AvgIpc) is 3.06. The molecule has 0 aliphatic heterocycles. The van der Waals surface area contributed by atoms with Gasteiger partial charge in [-0.2, -0.15) is 0 Å². The zero-order valence-corrected chi connectivity index (χ0v) is 12.4. The molecule has 0 bridgehead atoms. The molecule has 0 radical (unpaired) electrons. The maximum Gasteiger partial charge on any atom is 0.322 e. The third-order valence-electron chi connectivity index (χ3n) is 4.05. The van der Waals surface area contributed by atoms with Gasteiger partial charge in [0, 0.05) is 25.1 Å². The van der Waals surface area contributed by atoms with Crippen molar-refractivity contribution in [1.82, 2.24) is 10.1 Å². The Labute approximate surface area is 123 Å². The second-order valence-electron chi connectivity index (χ2n) is 5.84. The lowest BCUT2D eigenvalue weighted by Gasteiger charge is -2.18. The highest BCUT2D eigenvalue weighted by molar-refractivity contribution is 5.88. The monoisotopic (exact) mass is 295 g/mol. The van der Waals surface area contributed by atoms with Crippen LogP contribution in [-0.2, 0) is 10.2 Å². The summed E-state index contributed by atoms with van der Waals surface area (Å²) in [6.45, 7) is 2.29. The normalized spacial score (nSPS) is 16.7. The molecule has 1 heterocycles. The van der Waals surface area contributed by atoms with Crippen LogP contribution in [0.1, 0.15) is 44.8 Å². The number of nitrogens with one attached hydrogen (secondary N) is 1. The standard InChI is InChI=1S/C14H21N3O4/c1-14(6-3-4-7-14)10-9-11(16-21-10)15-13(20)17(2)8-5-12(18)19/h9H,3-8H2,1-2H3,(H,18,19)(H,15,16,20). The molecule has 1 aliphatic rings. The van der Waals surface area contributed by atoms with E-state index in [1.807, 2.05) is 0 Å². The topological polar surface area (TPSA) is 95.7 Å². The van der Waals surface area contributed by atoms with Crippen molar-refractivity contribution in [2.75, 3.05) is 18.9 Å². The number of hydrogen-bond acceptors (Lipinski definition) is 4. The van der Waals surface area contributed by atoms with E-state index in [0.29, 0.717) is 5.82 Å². The summed E-state index contributed by atoms with van der Waals surface area (Å²) in [5.41, 5.74) is 0.00515. The smallest absolute Gasteiger partial charge is 0.322 e. The number of rotatable bonds is 5. The molecule has 2 amide bonds. The fraction of sp³-hybridized carbons (Fsp3) is 0.643. The van der Waals surface area contributed by atoms with E-state index in [2.05, 4.69) is 17.4 Å². The van der Waals surface area contributed by atoms with Crippen LogP contribution >= 0.6 is 0 Å². The number of aliphatic carboxylic acids is 1. The number of carbonyl (C=O) groups is 2. The van der Waals surface area contributed by atoms with Gasteiger partial charge in [-0.1, -0.05) is 24.9 Å². The van der Waals surface area contributed by atoms with Crippen molar-refractivity contribution < 1.29 is 19.2 Å². The van der Waals surface area contributed by atoms with E-state index in [-0.39, 0.29) is 18.4 Å². The maximum atomic E-state index is 11.9. The Morgan fingerprint density at radius 1 is 1.48 bits per heavy atom. The molecule has 2 rings (SSSR count). The van der Waals surface area contributed by atoms with Gasteiger partial charge in [-0.3, -0.25) is 10.1 Å². The SMILES string of the molecule is CN(CCC(=O)O)C(=O)Nc1cc(C2(C)CCCC2)on1. The maximum absolute atomic E-state index is 11.9. The number of carboxylic acid groups (broad SMARTS) is 1. The zero-order valence-electron chi connectivity index (χ0n) is 12.4. The van der Waals surface area contributed by atoms with Crippen LogP contribution in [0.5, 0.6) is 0 Å². The predicted octanol–water partition coefficient (Wildman–Crippen LogP) is 2.44. The molecule has 1 aromatic rings. The van der Waals surface area contributed by atoms with Crippen LogP contribution in [-0.4, -0.2) is 40.8 Å². The number of aromatic nitrogens is 1. The summed E-state index contributed by atoms with van der Waals surface area (Å²) >= 11 is 0. The Hall–Kier alpha value is -2.05. The molecule has 21 heavy (non-hydrogen) atoms. The number of amides is 2. The lowest BCUT2D eigenvalue weighted by atomic mass is 9.86. The molecule has 1 aromatic heterocycles. The van der Waals surface area contributed by atoms with Gasteiger partial charge in [-0.25, -0.2) is 4.79 Å². The average molecular weight is 295 g/mol. The van der Waals surface area contributed by atoms with Crippen LogP contribution in [0.4, 0.5) is 10.6 Å². The molecule has 7 heteroatoms. The Morgan fingerprint density at radius 3 is 2.76 bits per heavy atom. The highest BCUT2D eigenvalue weighted by Crippen LogP contribution is 2.41.